The van der Waals surface area contributed by atoms with E-state index >= 15 is 0 Å². The van der Waals surface area contributed by atoms with Crippen LogP contribution in [0.3, 0.4) is 0 Å². The van der Waals surface area contributed by atoms with Gasteiger partial charge in [0.15, 0.2) is 5.78 Å². The number of ketones is 1. The fourth-order valence-corrected chi connectivity index (χ4v) is 12.4. The molecule has 0 radical (unpaired) electrons. The molecule has 232 valence electrons. The second-order valence-electron chi connectivity index (χ2n) is 16.8. The van der Waals surface area contributed by atoms with Crippen molar-refractivity contribution in [2.24, 2.45) is 45.3 Å². The van der Waals surface area contributed by atoms with Gasteiger partial charge in [0.2, 0.25) is 0 Å². The lowest BCUT2D eigenvalue weighted by Crippen LogP contribution is -2.65. The van der Waals surface area contributed by atoms with Crippen molar-refractivity contribution in [1.29, 1.82) is 0 Å². The Morgan fingerprint density at radius 1 is 0.907 bits per heavy atom. The Labute approximate surface area is 263 Å². The maximum Gasteiger partial charge on any atom is 0.160 e. The number of aliphatic hydroxyl groups excluding tert-OH is 1. The molecule has 7 rings (SSSR count). The number of benzene rings is 1. The first-order chi connectivity index (χ1) is 20.2. The van der Waals surface area contributed by atoms with Gasteiger partial charge in [-0.25, -0.2) is 4.98 Å². The standard InChI is InChI=1S/C38H51ClN2O2/c1-22(2)31-27(42)20-38(33-40-21-26(41-33)23-8-10-24(39)11-9-23)19-18-36(6)25(32(31)38)12-13-29-35(5)16-15-30(43)34(3,4)28(35)14-17-37(29,36)7/h8-11,21-22,25,28-30,43H,12-20H2,1-7H3,(H,40,41)/t25-,28+,29-,30+,35+,36-,37-,38-/m1/s1. The zero-order valence-electron chi connectivity index (χ0n) is 27.3. The summed E-state index contributed by atoms with van der Waals surface area (Å²) >= 11 is 6.18. The fraction of sp³-hybridized carbons (Fsp3) is 0.684. The van der Waals surface area contributed by atoms with Gasteiger partial charge in [-0.1, -0.05) is 72.2 Å². The highest BCUT2D eigenvalue weighted by atomic mass is 35.5. The van der Waals surface area contributed by atoms with E-state index in [0.29, 0.717) is 30.0 Å². The number of H-pyrrole nitrogens is 1. The second kappa shape index (κ2) is 9.55. The second-order valence-corrected chi connectivity index (χ2v) is 17.2. The topological polar surface area (TPSA) is 66.0 Å². The normalized spacial score (nSPS) is 42.0. The summed E-state index contributed by atoms with van der Waals surface area (Å²) in [6.07, 6.45) is 11.2. The van der Waals surface area contributed by atoms with E-state index in [4.69, 9.17) is 16.6 Å². The Morgan fingerprint density at radius 3 is 2.33 bits per heavy atom. The van der Waals surface area contributed by atoms with Gasteiger partial charge in [-0.15, -0.1) is 0 Å². The summed E-state index contributed by atoms with van der Waals surface area (Å²) in [7, 11) is 0. The van der Waals surface area contributed by atoms with Crippen molar-refractivity contribution in [3.8, 4) is 11.3 Å². The van der Waals surface area contributed by atoms with Crippen LogP contribution >= 0.6 is 11.6 Å². The van der Waals surface area contributed by atoms with Gasteiger partial charge in [-0.3, -0.25) is 4.79 Å². The van der Waals surface area contributed by atoms with E-state index in [1.807, 2.05) is 30.5 Å². The summed E-state index contributed by atoms with van der Waals surface area (Å²) in [5.74, 6) is 3.10. The molecule has 2 N–H and O–H groups in total. The Balaban J connectivity index is 1.32. The van der Waals surface area contributed by atoms with Gasteiger partial charge in [0.1, 0.15) is 5.82 Å². The number of Topliss-reactive ketones (excluding diaryl/α,β-unsaturated/α-hetero) is 1. The molecular formula is C38H51ClN2O2. The van der Waals surface area contributed by atoms with Crippen molar-refractivity contribution in [3.05, 3.63) is 52.5 Å². The number of rotatable bonds is 3. The van der Waals surface area contributed by atoms with E-state index in [1.54, 1.807) is 0 Å². The number of hydrogen-bond acceptors (Lipinski definition) is 3. The van der Waals surface area contributed by atoms with Crippen LogP contribution in [-0.4, -0.2) is 27.0 Å². The number of fused-ring (bicyclic) bond motifs is 7. The van der Waals surface area contributed by atoms with Crippen LogP contribution < -0.4 is 0 Å². The average Bonchev–Trinajstić information content (AvgIpc) is 3.55. The van der Waals surface area contributed by atoms with E-state index in [1.165, 1.54) is 24.8 Å². The number of nitrogens with one attached hydrogen (secondary N) is 1. The van der Waals surface area contributed by atoms with Gasteiger partial charge < -0.3 is 10.1 Å². The molecule has 1 aromatic carbocycles. The van der Waals surface area contributed by atoms with Crippen LogP contribution in [0.15, 0.2) is 41.6 Å². The van der Waals surface area contributed by atoms with Gasteiger partial charge in [0.05, 0.1) is 23.4 Å². The average molecular weight is 603 g/mol. The monoisotopic (exact) mass is 602 g/mol. The van der Waals surface area contributed by atoms with Gasteiger partial charge in [-0.2, -0.15) is 0 Å². The van der Waals surface area contributed by atoms with E-state index < -0.39 is 0 Å². The molecule has 4 fully saturated rings. The van der Waals surface area contributed by atoms with Crippen molar-refractivity contribution >= 4 is 17.4 Å². The number of aromatic nitrogens is 2. The van der Waals surface area contributed by atoms with Gasteiger partial charge >= 0.3 is 0 Å². The van der Waals surface area contributed by atoms with Crippen molar-refractivity contribution < 1.29 is 9.90 Å². The molecule has 5 aliphatic carbocycles. The number of nitrogens with zero attached hydrogens (tertiary/aromatic N) is 1. The highest BCUT2D eigenvalue weighted by molar-refractivity contribution is 6.30. The van der Waals surface area contributed by atoms with Crippen LogP contribution in [0.5, 0.6) is 0 Å². The van der Waals surface area contributed by atoms with E-state index in [2.05, 4.69) is 53.5 Å². The van der Waals surface area contributed by atoms with Gasteiger partial charge in [-0.05, 0) is 126 Å². The van der Waals surface area contributed by atoms with E-state index in [-0.39, 0.29) is 39.1 Å². The third kappa shape index (κ3) is 3.84. The molecule has 1 aromatic heterocycles. The maximum absolute atomic E-state index is 14.0. The van der Waals surface area contributed by atoms with Crippen molar-refractivity contribution in [2.75, 3.05) is 0 Å². The fourth-order valence-electron chi connectivity index (χ4n) is 12.2. The number of allylic oxidation sites excluding steroid dienone is 2. The molecule has 0 spiro atoms. The molecular weight excluding hydrogens is 552 g/mol. The lowest BCUT2D eigenvalue weighted by molar-refractivity contribution is -0.226. The smallest absolute Gasteiger partial charge is 0.160 e. The summed E-state index contributed by atoms with van der Waals surface area (Å²) in [6.45, 7) is 16.9. The highest BCUT2D eigenvalue weighted by Crippen LogP contribution is 2.76. The number of aliphatic hydroxyl groups is 1. The Morgan fingerprint density at radius 2 is 1.63 bits per heavy atom. The third-order valence-corrected chi connectivity index (χ3v) is 14.8. The van der Waals surface area contributed by atoms with Crippen LogP contribution in [0, 0.1) is 45.3 Å². The third-order valence-electron chi connectivity index (χ3n) is 14.6. The number of carbonyl (C=O) groups excluding carboxylic acids is 1. The molecule has 0 bridgehead atoms. The van der Waals surface area contributed by atoms with Crippen LogP contribution in [-0.2, 0) is 10.2 Å². The predicted octanol–water partition coefficient (Wildman–Crippen LogP) is 9.32. The molecule has 4 saturated carbocycles. The first-order valence-corrected chi connectivity index (χ1v) is 17.3. The molecule has 5 heteroatoms. The molecule has 2 aromatic rings. The number of aromatic amines is 1. The van der Waals surface area contributed by atoms with E-state index in [0.717, 1.165) is 59.8 Å². The summed E-state index contributed by atoms with van der Waals surface area (Å²) in [6, 6.07) is 7.92. The van der Waals surface area contributed by atoms with Crippen molar-refractivity contribution in [3.63, 3.8) is 0 Å². The highest BCUT2D eigenvalue weighted by Gasteiger charge is 2.70. The Bertz CT molecular complexity index is 1490. The van der Waals surface area contributed by atoms with Crippen LogP contribution in [0.1, 0.15) is 112 Å². The molecule has 0 aliphatic heterocycles. The van der Waals surface area contributed by atoms with E-state index in [9.17, 15) is 9.90 Å². The molecule has 0 unspecified atom stereocenters. The van der Waals surface area contributed by atoms with Crippen LogP contribution in [0.25, 0.3) is 11.3 Å². The van der Waals surface area contributed by atoms with Gasteiger partial charge in [0, 0.05) is 11.4 Å². The van der Waals surface area contributed by atoms with Crippen LogP contribution in [0.2, 0.25) is 5.02 Å². The number of halogens is 1. The summed E-state index contributed by atoms with van der Waals surface area (Å²) in [5.41, 5.74) is 4.78. The molecule has 4 nitrogen and oxygen atoms in total. The molecule has 0 amide bonds. The lowest BCUT2D eigenvalue weighted by atomic mass is 9.33. The minimum absolute atomic E-state index is 0.0416. The lowest BCUT2D eigenvalue weighted by Gasteiger charge is -2.72. The molecule has 43 heavy (non-hydrogen) atoms. The zero-order chi connectivity index (χ0) is 30.7. The first kappa shape index (κ1) is 29.8. The van der Waals surface area contributed by atoms with Crippen molar-refractivity contribution in [2.45, 2.75) is 118 Å². The SMILES string of the molecule is CC(C)C1=C2[C@H]3CC[C@@H]4[C@@]5(C)CC[C@H](O)C(C)(C)[C@@H]5CC[C@@]4(C)[C@]3(C)CC[C@@]2(c2ncc(-c3ccc(Cl)cc3)[nH]2)CC1=O. The summed E-state index contributed by atoms with van der Waals surface area (Å²) < 4.78 is 0. The molecule has 1 heterocycles. The number of imidazole rings is 1. The quantitative estimate of drug-likeness (QED) is 0.368. The maximum atomic E-state index is 14.0. The number of hydrogen-bond donors (Lipinski definition) is 2. The first-order valence-electron chi connectivity index (χ1n) is 17.0. The Kier molecular flexibility index (Phi) is 6.61. The minimum Gasteiger partial charge on any atom is -0.393 e. The summed E-state index contributed by atoms with van der Waals surface area (Å²) in [4.78, 5) is 22.8. The van der Waals surface area contributed by atoms with Crippen molar-refractivity contribution in [1.82, 2.24) is 9.97 Å². The number of carbonyl (C=O) groups is 1. The molecule has 8 atom stereocenters. The molecule has 0 saturated heterocycles. The predicted molar refractivity (Wildman–Crippen MR) is 174 cm³/mol. The Hall–Kier alpha value is -1.91. The zero-order valence-corrected chi connectivity index (χ0v) is 28.1. The molecule has 5 aliphatic rings. The largest absolute Gasteiger partial charge is 0.393 e. The summed E-state index contributed by atoms with van der Waals surface area (Å²) in [5, 5.41) is 11.8. The van der Waals surface area contributed by atoms with Crippen LogP contribution in [0.4, 0.5) is 0 Å². The van der Waals surface area contributed by atoms with Gasteiger partial charge in [0.25, 0.3) is 0 Å². The minimum atomic E-state index is -0.340.